The summed E-state index contributed by atoms with van der Waals surface area (Å²) in [4.78, 5) is 7.81. The number of benzene rings is 1. The Hall–Kier alpha value is -2.93. The van der Waals surface area contributed by atoms with Crippen molar-refractivity contribution in [1.29, 1.82) is 0 Å². The molecule has 0 saturated carbocycles. The van der Waals surface area contributed by atoms with Crippen LogP contribution in [0.3, 0.4) is 0 Å². The van der Waals surface area contributed by atoms with Crippen molar-refractivity contribution in [2.24, 2.45) is 0 Å². The van der Waals surface area contributed by atoms with Gasteiger partial charge < -0.3 is 4.85 Å². The molecule has 0 aliphatic rings. The average molecular weight is 274 g/mol. The predicted octanol–water partition coefficient (Wildman–Crippen LogP) is 4.31. The second-order valence-electron chi connectivity index (χ2n) is 4.95. The molecule has 3 rings (SSSR count). The molecule has 102 valence electrons. The number of aryl methyl sites for hydroxylation is 2. The summed E-state index contributed by atoms with van der Waals surface area (Å²) in [6, 6.07) is 12.0. The molecule has 2 aromatic heterocycles. The fourth-order valence-corrected chi connectivity index (χ4v) is 2.35. The zero-order valence-electron chi connectivity index (χ0n) is 11.9. The minimum Gasteiger partial charge on any atom is -0.362 e. The van der Waals surface area contributed by atoms with E-state index in [9.17, 15) is 0 Å². The van der Waals surface area contributed by atoms with Crippen LogP contribution in [0.15, 0.2) is 42.6 Å². The van der Waals surface area contributed by atoms with E-state index in [0.29, 0.717) is 11.5 Å². The molecule has 0 unspecified atom stereocenters. The van der Waals surface area contributed by atoms with Gasteiger partial charge in [-0.25, -0.2) is 5.10 Å². The number of nitrogens with one attached hydrogen (secondary N) is 1. The van der Waals surface area contributed by atoms with Gasteiger partial charge in [-0.1, -0.05) is 30.8 Å². The van der Waals surface area contributed by atoms with E-state index in [-0.39, 0.29) is 0 Å². The van der Waals surface area contributed by atoms with Crippen LogP contribution in [-0.2, 0) is 0 Å². The Bertz CT molecular complexity index is 840. The minimum absolute atomic E-state index is 0.424. The Kier molecular flexibility index (Phi) is 3.25. The maximum atomic E-state index is 6.97. The second kappa shape index (κ2) is 5.22. The van der Waals surface area contributed by atoms with Crippen LogP contribution in [0.2, 0.25) is 0 Å². The van der Waals surface area contributed by atoms with Crippen molar-refractivity contribution in [2.45, 2.75) is 13.8 Å². The zero-order valence-corrected chi connectivity index (χ0v) is 11.9. The van der Waals surface area contributed by atoms with Gasteiger partial charge >= 0.3 is 0 Å². The van der Waals surface area contributed by atoms with E-state index in [2.05, 4.69) is 46.0 Å². The van der Waals surface area contributed by atoms with Gasteiger partial charge in [0, 0.05) is 11.8 Å². The van der Waals surface area contributed by atoms with Crippen molar-refractivity contribution in [3.63, 3.8) is 0 Å². The lowest BCUT2D eigenvalue weighted by atomic mass is 9.98. The molecule has 0 saturated heterocycles. The maximum absolute atomic E-state index is 6.97. The van der Waals surface area contributed by atoms with Gasteiger partial charge in [0.1, 0.15) is 5.69 Å². The number of hydrogen-bond acceptors (Lipinski definition) is 2. The van der Waals surface area contributed by atoms with E-state index in [1.165, 1.54) is 11.1 Å². The highest BCUT2D eigenvalue weighted by atomic mass is 15.2. The number of aromatic amines is 1. The number of nitrogens with zero attached hydrogens (tertiary/aromatic N) is 3. The van der Waals surface area contributed by atoms with Crippen LogP contribution in [-0.4, -0.2) is 15.2 Å². The summed E-state index contributed by atoms with van der Waals surface area (Å²) >= 11 is 0. The first kappa shape index (κ1) is 13.1. The summed E-state index contributed by atoms with van der Waals surface area (Å²) in [5.74, 6) is 0.424. The molecule has 4 heteroatoms. The van der Waals surface area contributed by atoms with Gasteiger partial charge in [0.2, 0.25) is 0 Å². The van der Waals surface area contributed by atoms with Crippen LogP contribution in [0.1, 0.15) is 11.1 Å². The van der Waals surface area contributed by atoms with Gasteiger partial charge in [-0.15, -0.1) is 5.10 Å². The molecule has 4 nitrogen and oxygen atoms in total. The zero-order chi connectivity index (χ0) is 14.8. The molecule has 0 aliphatic heterocycles. The number of aromatic nitrogens is 3. The monoisotopic (exact) mass is 274 g/mol. The van der Waals surface area contributed by atoms with Crippen LogP contribution < -0.4 is 0 Å². The molecule has 0 atom stereocenters. The lowest BCUT2D eigenvalue weighted by Gasteiger charge is -2.09. The van der Waals surface area contributed by atoms with E-state index < -0.39 is 0 Å². The topological polar surface area (TPSA) is 45.9 Å². The molecule has 3 aromatic rings. The molecule has 1 aromatic carbocycles. The maximum Gasteiger partial charge on any atom is 0.250 e. The van der Waals surface area contributed by atoms with Crippen molar-refractivity contribution in [1.82, 2.24) is 15.2 Å². The second-order valence-corrected chi connectivity index (χ2v) is 4.95. The lowest BCUT2D eigenvalue weighted by molar-refractivity contribution is 1.10. The Labute approximate surface area is 123 Å². The normalized spacial score (nSPS) is 10.3. The van der Waals surface area contributed by atoms with Crippen molar-refractivity contribution in [3.05, 3.63) is 65.1 Å². The van der Waals surface area contributed by atoms with Crippen LogP contribution in [0.4, 0.5) is 5.82 Å². The van der Waals surface area contributed by atoms with Crippen LogP contribution >= 0.6 is 0 Å². The summed E-state index contributed by atoms with van der Waals surface area (Å²) in [7, 11) is 0. The van der Waals surface area contributed by atoms with E-state index in [1.807, 2.05) is 24.4 Å². The van der Waals surface area contributed by atoms with Gasteiger partial charge in [-0.2, -0.15) is 0 Å². The van der Waals surface area contributed by atoms with E-state index >= 15 is 0 Å². The summed E-state index contributed by atoms with van der Waals surface area (Å²) in [6.07, 6.45) is 1.87. The van der Waals surface area contributed by atoms with Crippen LogP contribution in [0.5, 0.6) is 0 Å². The molecule has 0 fully saturated rings. The standard InChI is InChI=1S/C17H14N4/c1-11-6-4-5-7-13(11)14-10-19-15(8-12(14)2)16-9-17(18-3)21-20-16/h4-10H,1-2H3,(H,20,21). The summed E-state index contributed by atoms with van der Waals surface area (Å²) in [5.41, 5.74) is 6.15. The van der Waals surface area contributed by atoms with Gasteiger partial charge in [0.05, 0.1) is 5.69 Å². The first-order valence-electron chi connectivity index (χ1n) is 6.65. The molecule has 0 radical (unpaired) electrons. The number of hydrogen-bond donors (Lipinski definition) is 1. The third-order valence-corrected chi connectivity index (χ3v) is 3.49. The lowest BCUT2D eigenvalue weighted by Crippen LogP contribution is -1.91. The highest BCUT2D eigenvalue weighted by molar-refractivity contribution is 5.72. The van der Waals surface area contributed by atoms with E-state index in [4.69, 9.17) is 6.57 Å². The Morgan fingerprint density at radius 3 is 2.48 bits per heavy atom. The van der Waals surface area contributed by atoms with Gasteiger partial charge in [-0.3, -0.25) is 4.98 Å². The first-order valence-corrected chi connectivity index (χ1v) is 6.65. The van der Waals surface area contributed by atoms with Crippen molar-refractivity contribution < 1.29 is 0 Å². The van der Waals surface area contributed by atoms with Crippen molar-refractivity contribution >= 4 is 5.82 Å². The molecular weight excluding hydrogens is 260 g/mol. The van der Waals surface area contributed by atoms with E-state index in [1.54, 1.807) is 6.07 Å². The third kappa shape index (κ3) is 2.41. The predicted molar refractivity (Wildman–Crippen MR) is 83.0 cm³/mol. The smallest absolute Gasteiger partial charge is 0.250 e. The highest BCUT2D eigenvalue weighted by Crippen LogP contribution is 2.28. The molecule has 0 aliphatic carbocycles. The third-order valence-electron chi connectivity index (χ3n) is 3.49. The largest absolute Gasteiger partial charge is 0.362 e. The Morgan fingerprint density at radius 1 is 1.00 bits per heavy atom. The van der Waals surface area contributed by atoms with Crippen molar-refractivity contribution in [3.8, 4) is 22.5 Å². The Balaban J connectivity index is 2.05. The van der Waals surface area contributed by atoms with Crippen molar-refractivity contribution in [2.75, 3.05) is 0 Å². The quantitative estimate of drug-likeness (QED) is 0.708. The number of rotatable bonds is 2. The molecule has 0 amide bonds. The molecule has 0 bridgehead atoms. The highest BCUT2D eigenvalue weighted by Gasteiger charge is 2.10. The molecule has 1 N–H and O–H groups in total. The summed E-state index contributed by atoms with van der Waals surface area (Å²) < 4.78 is 0. The fourth-order valence-electron chi connectivity index (χ4n) is 2.35. The van der Waals surface area contributed by atoms with E-state index in [0.717, 1.165) is 16.8 Å². The van der Waals surface area contributed by atoms with Crippen LogP contribution in [0.25, 0.3) is 27.4 Å². The number of H-pyrrole nitrogens is 1. The Morgan fingerprint density at radius 2 is 1.81 bits per heavy atom. The SMILES string of the molecule is [C-]#[N+]c1cc(-c2cc(C)c(-c3ccccc3C)cn2)n[nH]1. The molecule has 0 spiro atoms. The molecule has 21 heavy (non-hydrogen) atoms. The van der Waals surface area contributed by atoms with Gasteiger partial charge in [0.15, 0.2) is 0 Å². The summed E-state index contributed by atoms with van der Waals surface area (Å²) in [6.45, 7) is 11.1. The number of pyridine rings is 1. The first-order chi connectivity index (χ1) is 10.2. The average Bonchev–Trinajstić information content (AvgIpc) is 2.97. The van der Waals surface area contributed by atoms with Gasteiger partial charge in [0.25, 0.3) is 5.82 Å². The molecule has 2 heterocycles. The fraction of sp³-hybridized carbons (Fsp3) is 0.118. The van der Waals surface area contributed by atoms with Gasteiger partial charge in [-0.05, 0) is 42.7 Å². The van der Waals surface area contributed by atoms with Crippen LogP contribution in [0, 0.1) is 20.4 Å². The molecular formula is C17H14N4. The minimum atomic E-state index is 0.424. The summed E-state index contributed by atoms with van der Waals surface area (Å²) in [5, 5.41) is 6.80.